The standard InChI is InChI=1S/C23H31N3O3/c1-3-29-15-5-12-24-23(28)20-8-9-21(18-7-4-6-17(2)16-18)25-22(20)26-13-10-19(27)11-14-26/h4,6-9,16,19,27H,3,5,10-15H2,1-2H3,(H,24,28). The Morgan fingerprint density at radius 2 is 2.07 bits per heavy atom. The zero-order valence-corrected chi connectivity index (χ0v) is 17.4. The molecule has 0 aliphatic carbocycles. The minimum Gasteiger partial charge on any atom is -0.393 e. The van der Waals surface area contributed by atoms with Crippen LogP contribution in [0.15, 0.2) is 36.4 Å². The second-order valence-electron chi connectivity index (χ2n) is 7.46. The van der Waals surface area contributed by atoms with Crippen LogP contribution in [0.3, 0.4) is 0 Å². The van der Waals surface area contributed by atoms with Gasteiger partial charge in [-0.2, -0.15) is 0 Å². The number of anilines is 1. The number of hydrogen-bond acceptors (Lipinski definition) is 5. The summed E-state index contributed by atoms with van der Waals surface area (Å²) >= 11 is 0. The summed E-state index contributed by atoms with van der Waals surface area (Å²) in [6.45, 7) is 7.28. The average molecular weight is 398 g/mol. The summed E-state index contributed by atoms with van der Waals surface area (Å²) in [7, 11) is 0. The van der Waals surface area contributed by atoms with Gasteiger partial charge in [0.05, 0.1) is 17.4 Å². The van der Waals surface area contributed by atoms with Crippen molar-refractivity contribution in [2.24, 2.45) is 0 Å². The Labute approximate surface area is 172 Å². The number of benzene rings is 1. The van der Waals surface area contributed by atoms with Crippen molar-refractivity contribution in [3.05, 3.63) is 47.5 Å². The second kappa shape index (κ2) is 10.4. The van der Waals surface area contributed by atoms with Crippen LogP contribution < -0.4 is 10.2 Å². The van der Waals surface area contributed by atoms with Crippen molar-refractivity contribution in [2.45, 2.75) is 39.2 Å². The van der Waals surface area contributed by atoms with Crippen molar-refractivity contribution in [3.63, 3.8) is 0 Å². The van der Waals surface area contributed by atoms with Crippen LogP contribution in [0.25, 0.3) is 11.3 Å². The third kappa shape index (κ3) is 5.78. The van der Waals surface area contributed by atoms with Gasteiger partial charge in [-0.1, -0.05) is 23.8 Å². The first-order valence-corrected chi connectivity index (χ1v) is 10.5. The van der Waals surface area contributed by atoms with E-state index in [1.807, 2.05) is 31.2 Å². The molecular formula is C23H31N3O3. The van der Waals surface area contributed by atoms with Crippen LogP contribution in [0.2, 0.25) is 0 Å². The van der Waals surface area contributed by atoms with Crippen molar-refractivity contribution >= 4 is 11.7 Å². The van der Waals surface area contributed by atoms with Crippen LogP contribution in [-0.2, 0) is 4.74 Å². The molecule has 2 aromatic rings. The molecule has 3 rings (SSSR count). The molecule has 0 radical (unpaired) electrons. The lowest BCUT2D eigenvalue weighted by atomic mass is 10.0. The van der Waals surface area contributed by atoms with Crippen LogP contribution >= 0.6 is 0 Å². The second-order valence-corrected chi connectivity index (χ2v) is 7.46. The molecule has 156 valence electrons. The molecule has 1 aromatic carbocycles. The fourth-order valence-corrected chi connectivity index (χ4v) is 3.53. The number of aromatic nitrogens is 1. The van der Waals surface area contributed by atoms with Gasteiger partial charge in [0.15, 0.2) is 0 Å². The van der Waals surface area contributed by atoms with Crippen LogP contribution in [0.1, 0.15) is 42.1 Å². The number of nitrogens with one attached hydrogen (secondary N) is 1. The van der Waals surface area contributed by atoms with Crippen molar-refractivity contribution in [2.75, 3.05) is 37.7 Å². The first-order valence-electron chi connectivity index (χ1n) is 10.5. The summed E-state index contributed by atoms with van der Waals surface area (Å²) in [6, 6.07) is 12.0. The quantitative estimate of drug-likeness (QED) is 0.669. The third-order valence-electron chi connectivity index (χ3n) is 5.15. The number of hydrogen-bond donors (Lipinski definition) is 2. The fourth-order valence-electron chi connectivity index (χ4n) is 3.53. The van der Waals surface area contributed by atoms with Gasteiger partial charge in [-0.05, 0) is 51.3 Å². The summed E-state index contributed by atoms with van der Waals surface area (Å²) in [5.41, 5.74) is 3.63. The first-order chi connectivity index (χ1) is 14.1. The molecule has 1 saturated heterocycles. The van der Waals surface area contributed by atoms with E-state index in [0.29, 0.717) is 57.1 Å². The minimum absolute atomic E-state index is 0.120. The Morgan fingerprint density at radius 3 is 2.79 bits per heavy atom. The summed E-state index contributed by atoms with van der Waals surface area (Å²) in [6.07, 6.45) is 1.87. The van der Waals surface area contributed by atoms with Crippen molar-refractivity contribution in [3.8, 4) is 11.3 Å². The molecule has 1 amide bonds. The van der Waals surface area contributed by atoms with E-state index in [-0.39, 0.29) is 12.0 Å². The number of aryl methyl sites for hydroxylation is 1. The molecule has 0 spiro atoms. The molecule has 6 heteroatoms. The molecule has 0 saturated carbocycles. The Bertz CT molecular complexity index is 817. The maximum absolute atomic E-state index is 12.8. The number of pyridine rings is 1. The van der Waals surface area contributed by atoms with E-state index in [9.17, 15) is 9.90 Å². The predicted octanol–water partition coefficient (Wildman–Crippen LogP) is 3.17. The molecule has 0 unspecified atom stereocenters. The lowest BCUT2D eigenvalue weighted by Gasteiger charge is -2.32. The summed E-state index contributed by atoms with van der Waals surface area (Å²) in [5.74, 6) is 0.573. The summed E-state index contributed by atoms with van der Waals surface area (Å²) in [4.78, 5) is 19.8. The smallest absolute Gasteiger partial charge is 0.255 e. The number of aliphatic hydroxyl groups is 1. The largest absolute Gasteiger partial charge is 0.393 e. The van der Waals surface area contributed by atoms with E-state index in [4.69, 9.17) is 9.72 Å². The van der Waals surface area contributed by atoms with E-state index in [0.717, 1.165) is 17.7 Å². The first kappa shape index (κ1) is 21.3. The van der Waals surface area contributed by atoms with E-state index in [1.54, 1.807) is 0 Å². The van der Waals surface area contributed by atoms with Gasteiger partial charge in [0, 0.05) is 38.4 Å². The molecule has 0 bridgehead atoms. The van der Waals surface area contributed by atoms with E-state index < -0.39 is 0 Å². The van der Waals surface area contributed by atoms with Gasteiger partial charge in [0.2, 0.25) is 0 Å². The summed E-state index contributed by atoms with van der Waals surface area (Å²) in [5, 5.41) is 12.8. The Kier molecular flexibility index (Phi) is 7.61. The SMILES string of the molecule is CCOCCCNC(=O)c1ccc(-c2cccc(C)c2)nc1N1CCC(O)CC1. The Balaban J connectivity index is 1.83. The highest BCUT2D eigenvalue weighted by Gasteiger charge is 2.23. The number of rotatable bonds is 8. The van der Waals surface area contributed by atoms with Gasteiger partial charge < -0.3 is 20.1 Å². The van der Waals surface area contributed by atoms with Crippen molar-refractivity contribution < 1.29 is 14.6 Å². The van der Waals surface area contributed by atoms with Crippen molar-refractivity contribution in [1.29, 1.82) is 0 Å². The highest BCUT2D eigenvalue weighted by atomic mass is 16.5. The molecule has 1 aliphatic rings. The maximum atomic E-state index is 12.8. The number of amides is 1. The zero-order chi connectivity index (χ0) is 20.6. The van der Waals surface area contributed by atoms with E-state index >= 15 is 0 Å². The summed E-state index contributed by atoms with van der Waals surface area (Å²) < 4.78 is 5.33. The monoisotopic (exact) mass is 397 g/mol. The number of nitrogens with zero attached hydrogens (tertiary/aromatic N) is 2. The van der Waals surface area contributed by atoms with Crippen molar-refractivity contribution in [1.82, 2.24) is 10.3 Å². The topological polar surface area (TPSA) is 74.7 Å². The molecule has 2 N–H and O–H groups in total. The van der Waals surface area contributed by atoms with Crippen LogP contribution in [0.5, 0.6) is 0 Å². The van der Waals surface area contributed by atoms with E-state index in [2.05, 4.69) is 29.3 Å². The van der Waals surface area contributed by atoms with Gasteiger partial charge in [0.1, 0.15) is 5.82 Å². The molecule has 1 aliphatic heterocycles. The highest BCUT2D eigenvalue weighted by Crippen LogP contribution is 2.27. The third-order valence-corrected chi connectivity index (χ3v) is 5.15. The number of carbonyl (C=O) groups is 1. The average Bonchev–Trinajstić information content (AvgIpc) is 2.73. The van der Waals surface area contributed by atoms with Crippen LogP contribution in [-0.4, -0.2) is 54.9 Å². The predicted molar refractivity (Wildman–Crippen MR) is 115 cm³/mol. The lowest BCUT2D eigenvalue weighted by Crippen LogP contribution is -2.38. The number of aliphatic hydroxyl groups excluding tert-OH is 1. The van der Waals surface area contributed by atoms with Gasteiger partial charge in [-0.3, -0.25) is 4.79 Å². The molecule has 6 nitrogen and oxygen atoms in total. The molecule has 0 atom stereocenters. The van der Waals surface area contributed by atoms with E-state index in [1.165, 1.54) is 5.56 Å². The molecule has 1 aromatic heterocycles. The lowest BCUT2D eigenvalue weighted by molar-refractivity contribution is 0.0944. The molecule has 1 fully saturated rings. The maximum Gasteiger partial charge on any atom is 0.255 e. The zero-order valence-electron chi connectivity index (χ0n) is 17.4. The Morgan fingerprint density at radius 1 is 1.28 bits per heavy atom. The van der Waals surface area contributed by atoms with Gasteiger partial charge in [-0.25, -0.2) is 4.98 Å². The normalized spacial score (nSPS) is 14.8. The number of carbonyl (C=O) groups excluding carboxylic acids is 1. The molecular weight excluding hydrogens is 366 g/mol. The van der Waals surface area contributed by atoms with Gasteiger partial charge >= 0.3 is 0 Å². The minimum atomic E-state index is -0.276. The van der Waals surface area contributed by atoms with Crippen LogP contribution in [0, 0.1) is 6.92 Å². The van der Waals surface area contributed by atoms with Gasteiger partial charge in [0.25, 0.3) is 5.91 Å². The fraction of sp³-hybridized carbons (Fsp3) is 0.478. The van der Waals surface area contributed by atoms with Crippen LogP contribution in [0.4, 0.5) is 5.82 Å². The number of ether oxygens (including phenoxy) is 1. The molecule has 29 heavy (non-hydrogen) atoms. The number of piperidine rings is 1. The van der Waals surface area contributed by atoms with Gasteiger partial charge in [-0.15, -0.1) is 0 Å². The highest BCUT2D eigenvalue weighted by molar-refractivity contribution is 5.99. The Hall–Kier alpha value is -2.44. The molecule has 2 heterocycles.